The summed E-state index contributed by atoms with van der Waals surface area (Å²) in [6.45, 7) is 4.46. The summed E-state index contributed by atoms with van der Waals surface area (Å²) in [5.74, 6) is 3.13. The van der Waals surface area contributed by atoms with Crippen LogP contribution in [0.2, 0.25) is 0 Å². The predicted molar refractivity (Wildman–Crippen MR) is 78.8 cm³/mol. The summed E-state index contributed by atoms with van der Waals surface area (Å²) < 4.78 is 2.45. The van der Waals surface area contributed by atoms with Crippen molar-refractivity contribution in [2.75, 3.05) is 18.8 Å². The molecule has 1 aromatic rings. The molecule has 0 bridgehead atoms. The van der Waals surface area contributed by atoms with Crippen molar-refractivity contribution in [3.63, 3.8) is 0 Å². The molecule has 1 aromatic heterocycles. The van der Waals surface area contributed by atoms with Crippen molar-refractivity contribution in [1.82, 2.24) is 20.1 Å². The topological polar surface area (TPSA) is 42.7 Å². The van der Waals surface area contributed by atoms with Crippen molar-refractivity contribution >= 4 is 11.8 Å². The van der Waals surface area contributed by atoms with Gasteiger partial charge in [0.1, 0.15) is 5.82 Å². The molecule has 106 valence electrons. The van der Waals surface area contributed by atoms with Gasteiger partial charge in [-0.2, -0.15) is 0 Å². The third kappa shape index (κ3) is 3.51. The van der Waals surface area contributed by atoms with E-state index in [0.717, 1.165) is 18.8 Å². The molecule has 2 saturated carbocycles. The second kappa shape index (κ2) is 6.27. The van der Waals surface area contributed by atoms with Gasteiger partial charge in [-0.25, -0.2) is 0 Å². The van der Waals surface area contributed by atoms with Crippen LogP contribution in [-0.4, -0.2) is 33.6 Å². The van der Waals surface area contributed by atoms with Gasteiger partial charge in [-0.3, -0.25) is 0 Å². The number of hydrogen-bond donors (Lipinski definition) is 1. The summed E-state index contributed by atoms with van der Waals surface area (Å²) in [5.41, 5.74) is 0. The third-order valence-corrected chi connectivity index (χ3v) is 4.73. The number of nitrogens with one attached hydrogen (secondary N) is 1. The van der Waals surface area contributed by atoms with E-state index in [-0.39, 0.29) is 0 Å². The zero-order valence-electron chi connectivity index (χ0n) is 11.8. The van der Waals surface area contributed by atoms with Crippen molar-refractivity contribution in [3.8, 4) is 0 Å². The lowest BCUT2D eigenvalue weighted by atomic mass is 10.4. The minimum Gasteiger partial charge on any atom is -0.317 e. The van der Waals surface area contributed by atoms with E-state index >= 15 is 0 Å². The van der Waals surface area contributed by atoms with E-state index in [1.165, 1.54) is 49.5 Å². The van der Waals surface area contributed by atoms with Gasteiger partial charge in [0.15, 0.2) is 5.16 Å². The molecule has 0 spiro atoms. The van der Waals surface area contributed by atoms with Crippen LogP contribution in [0.1, 0.15) is 63.2 Å². The molecular weight excluding hydrogens is 256 g/mol. The molecule has 0 aromatic carbocycles. The number of rotatable bonds is 9. The fourth-order valence-electron chi connectivity index (χ4n) is 2.35. The van der Waals surface area contributed by atoms with Crippen molar-refractivity contribution in [2.45, 2.75) is 62.6 Å². The Kier molecular flexibility index (Phi) is 4.43. The summed E-state index contributed by atoms with van der Waals surface area (Å²) in [5, 5.41) is 13.5. The fraction of sp³-hybridized carbons (Fsp3) is 0.857. The zero-order chi connectivity index (χ0) is 13.1. The number of aromatic nitrogens is 3. The van der Waals surface area contributed by atoms with Gasteiger partial charge in [0.2, 0.25) is 0 Å². The van der Waals surface area contributed by atoms with Gasteiger partial charge in [-0.1, -0.05) is 18.7 Å². The van der Waals surface area contributed by atoms with Crippen LogP contribution in [0.25, 0.3) is 0 Å². The van der Waals surface area contributed by atoms with Crippen molar-refractivity contribution in [3.05, 3.63) is 5.82 Å². The lowest BCUT2D eigenvalue weighted by Gasteiger charge is -2.08. The Morgan fingerprint density at radius 3 is 2.74 bits per heavy atom. The van der Waals surface area contributed by atoms with E-state index < -0.39 is 0 Å². The maximum absolute atomic E-state index is 4.44. The molecular formula is C14H24N4S. The highest BCUT2D eigenvalue weighted by Crippen LogP contribution is 2.45. The van der Waals surface area contributed by atoms with Gasteiger partial charge in [0.25, 0.3) is 0 Å². The highest BCUT2D eigenvalue weighted by atomic mass is 32.2. The van der Waals surface area contributed by atoms with Gasteiger partial charge in [-0.15, -0.1) is 10.2 Å². The fourth-order valence-corrected chi connectivity index (χ4v) is 3.30. The number of nitrogens with zero attached hydrogens (tertiary/aromatic N) is 3. The molecule has 0 aliphatic heterocycles. The van der Waals surface area contributed by atoms with Crippen LogP contribution in [0, 0.1) is 0 Å². The molecule has 3 rings (SSSR count). The van der Waals surface area contributed by atoms with Crippen LogP contribution in [-0.2, 0) is 0 Å². The molecule has 0 amide bonds. The monoisotopic (exact) mass is 280 g/mol. The maximum atomic E-state index is 4.44. The van der Waals surface area contributed by atoms with E-state index in [1.807, 2.05) is 11.8 Å². The first-order chi connectivity index (χ1) is 9.40. The average Bonchev–Trinajstić information content (AvgIpc) is 3.32. The van der Waals surface area contributed by atoms with Gasteiger partial charge in [0.05, 0.1) is 0 Å². The standard InChI is InChI=1S/C14H24N4S/c1-2-8-15-9-3-10-19-14-17-16-13(11-4-5-11)18(14)12-6-7-12/h11-12,15H,2-10H2,1H3. The van der Waals surface area contributed by atoms with Crippen LogP contribution in [0.5, 0.6) is 0 Å². The normalized spacial score (nSPS) is 19.0. The van der Waals surface area contributed by atoms with Crippen LogP contribution in [0.15, 0.2) is 5.16 Å². The Morgan fingerprint density at radius 2 is 2.05 bits per heavy atom. The highest BCUT2D eigenvalue weighted by Gasteiger charge is 2.36. The lowest BCUT2D eigenvalue weighted by Crippen LogP contribution is -2.16. The maximum Gasteiger partial charge on any atom is 0.191 e. The van der Waals surface area contributed by atoms with E-state index in [0.29, 0.717) is 12.0 Å². The lowest BCUT2D eigenvalue weighted by molar-refractivity contribution is 0.625. The third-order valence-electron chi connectivity index (χ3n) is 3.70. The zero-order valence-corrected chi connectivity index (χ0v) is 12.6. The SMILES string of the molecule is CCCNCCCSc1nnc(C2CC2)n1C1CC1. The first kappa shape index (κ1) is 13.4. The number of thioether (sulfide) groups is 1. The quantitative estimate of drug-likeness (QED) is 0.558. The summed E-state index contributed by atoms with van der Waals surface area (Å²) >= 11 is 1.89. The second-order valence-electron chi connectivity index (χ2n) is 5.67. The molecule has 1 heterocycles. The molecule has 2 aliphatic carbocycles. The van der Waals surface area contributed by atoms with Crippen molar-refractivity contribution < 1.29 is 0 Å². The first-order valence-electron chi connectivity index (χ1n) is 7.68. The van der Waals surface area contributed by atoms with Crippen LogP contribution >= 0.6 is 11.8 Å². The van der Waals surface area contributed by atoms with Crippen molar-refractivity contribution in [2.24, 2.45) is 0 Å². The molecule has 0 radical (unpaired) electrons. The van der Waals surface area contributed by atoms with Crippen LogP contribution < -0.4 is 5.32 Å². The van der Waals surface area contributed by atoms with Gasteiger partial charge in [-0.05, 0) is 51.6 Å². The van der Waals surface area contributed by atoms with E-state index in [4.69, 9.17) is 0 Å². The number of hydrogen-bond acceptors (Lipinski definition) is 4. The molecule has 19 heavy (non-hydrogen) atoms. The van der Waals surface area contributed by atoms with E-state index in [1.54, 1.807) is 0 Å². The summed E-state index contributed by atoms with van der Waals surface area (Å²) in [7, 11) is 0. The van der Waals surface area contributed by atoms with E-state index in [2.05, 4.69) is 27.0 Å². The van der Waals surface area contributed by atoms with Crippen LogP contribution in [0.3, 0.4) is 0 Å². The summed E-state index contributed by atoms with van der Waals surface area (Å²) in [6.07, 6.45) is 7.70. The summed E-state index contributed by atoms with van der Waals surface area (Å²) in [4.78, 5) is 0. The van der Waals surface area contributed by atoms with E-state index in [9.17, 15) is 0 Å². The van der Waals surface area contributed by atoms with Crippen molar-refractivity contribution in [1.29, 1.82) is 0 Å². The highest BCUT2D eigenvalue weighted by molar-refractivity contribution is 7.99. The largest absolute Gasteiger partial charge is 0.317 e. The summed E-state index contributed by atoms with van der Waals surface area (Å²) in [6, 6.07) is 0.714. The molecule has 0 unspecified atom stereocenters. The van der Waals surface area contributed by atoms with Gasteiger partial charge >= 0.3 is 0 Å². The Hall–Kier alpha value is -0.550. The molecule has 2 fully saturated rings. The second-order valence-corrected chi connectivity index (χ2v) is 6.73. The molecule has 0 atom stereocenters. The first-order valence-corrected chi connectivity index (χ1v) is 8.67. The van der Waals surface area contributed by atoms with Gasteiger partial charge in [0, 0.05) is 17.7 Å². The Balaban J connectivity index is 1.50. The minimum atomic E-state index is 0.714. The Morgan fingerprint density at radius 1 is 1.21 bits per heavy atom. The molecule has 0 saturated heterocycles. The Bertz CT molecular complexity index is 410. The molecule has 5 heteroatoms. The van der Waals surface area contributed by atoms with Gasteiger partial charge < -0.3 is 9.88 Å². The minimum absolute atomic E-state index is 0.714. The Labute approximate surface area is 119 Å². The predicted octanol–water partition coefficient (Wildman–Crippen LogP) is 2.97. The molecule has 1 N–H and O–H groups in total. The molecule has 2 aliphatic rings. The smallest absolute Gasteiger partial charge is 0.191 e. The molecule has 4 nitrogen and oxygen atoms in total. The average molecular weight is 280 g/mol. The van der Waals surface area contributed by atoms with Crippen LogP contribution in [0.4, 0.5) is 0 Å².